The minimum atomic E-state index is -3.53. The third kappa shape index (κ3) is 3.35. The van der Waals surface area contributed by atoms with E-state index in [0.717, 1.165) is 4.90 Å². The van der Waals surface area contributed by atoms with E-state index in [-0.39, 0.29) is 29.7 Å². The van der Waals surface area contributed by atoms with Crippen molar-refractivity contribution in [1.82, 2.24) is 9.21 Å². The first-order chi connectivity index (χ1) is 11.5. The zero-order valence-corrected chi connectivity index (χ0v) is 14.8. The normalized spacial score (nSPS) is 16.3. The van der Waals surface area contributed by atoms with E-state index in [9.17, 15) is 13.2 Å². The van der Waals surface area contributed by atoms with Gasteiger partial charge in [-0.25, -0.2) is 8.42 Å². The predicted molar refractivity (Wildman–Crippen MR) is 91.6 cm³/mol. The van der Waals surface area contributed by atoms with Crippen molar-refractivity contribution in [3.8, 4) is 0 Å². The summed E-state index contributed by atoms with van der Waals surface area (Å²) in [6.07, 6.45) is 3.39. The first-order valence-corrected chi connectivity index (χ1v) is 10.2. The topological polar surface area (TPSA) is 70.8 Å². The number of carbonyl (C=O) groups excluding carboxylic acids is 1. The molecule has 0 saturated carbocycles. The van der Waals surface area contributed by atoms with E-state index >= 15 is 0 Å². The molecule has 1 aromatic heterocycles. The first kappa shape index (κ1) is 17.1. The third-order valence-electron chi connectivity index (χ3n) is 3.96. The molecule has 3 rings (SSSR count). The van der Waals surface area contributed by atoms with Crippen molar-refractivity contribution >= 4 is 27.7 Å². The summed E-state index contributed by atoms with van der Waals surface area (Å²) in [4.78, 5) is 15.1. The van der Waals surface area contributed by atoms with Crippen LogP contribution < -0.4 is 0 Å². The molecule has 1 aromatic carbocycles. The summed E-state index contributed by atoms with van der Waals surface area (Å²) in [5, 5.41) is 0. The summed E-state index contributed by atoms with van der Waals surface area (Å²) in [7, 11) is -3.53. The number of hydrogen-bond acceptors (Lipinski definition) is 5. The van der Waals surface area contributed by atoms with Crippen molar-refractivity contribution < 1.29 is 17.6 Å². The molecule has 1 aliphatic rings. The second-order valence-corrected chi connectivity index (χ2v) is 8.17. The predicted octanol–water partition coefficient (Wildman–Crippen LogP) is 2.15. The lowest BCUT2D eigenvalue weighted by atomic mass is 10.3. The molecule has 0 atom stereocenters. The number of sulfonamides is 1. The van der Waals surface area contributed by atoms with Gasteiger partial charge in [-0.15, -0.1) is 11.8 Å². The van der Waals surface area contributed by atoms with Gasteiger partial charge in [0.2, 0.25) is 10.0 Å². The van der Waals surface area contributed by atoms with E-state index in [1.807, 2.05) is 6.26 Å². The number of furan rings is 1. The van der Waals surface area contributed by atoms with Crippen molar-refractivity contribution in [3.05, 3.63) is 48.4 Å². The van der Waals surface area contributed by atoms with Crippen molar-refractivity contribution in [2.75, 3.05) is 32.4 Å². The Morgan fingerprint density at radius 1 is 1.08 bits per heavy atom. The van der Waals surface area contributed by atoms with Gasteiger partial charge >= 0.3 is 0 Å². The van der Waals surface area contributed by atoms with Crippen LogP contribution in [-0.2, 0) is 10.0 Å². The Kier molecular flexibility index (Phi) is 4.98. The molecule has 0 unspecified atom stereocenters. The number of rotatable bonds is 4. The highest BCUT2D eigenvalue weighted by Gasteiger charge is 2.31. The van der Waals surface area contributed by atoms with Crippen LogP contribution in [0, 0.1) is 0 Å². The maximum atomic E-state index is 12.7. The highest BCUT2D eigenvalue weighted by atomic mass is 32.2. The number of hydrogen-bond donors (Lipinski definition) is 0. The second-order valence-electron chi connectivity index (χ2n) is 5.35. The summed E-state index contributed by atoms with van der Waals surface area (Å²) in [5.74, 6) is 0.0698. The van der Waals surface area contributed by atoms with Crippen LogP contribution in [0.5, 0.6) is 0 Å². The summed E-state index contributed by atoms with van der Waals surface area (Å²) >= 11 is 1.56. The van der Waals surface area contributed by atoms with Crippen molar-refractivity contribution in [2.24, 2.45) is 0 Å². The van der Waals surface area contributed by atoms with Crippen LogP contribution in [0.3, 0.4) is 0 Å². The zero-order valence-electron chi connectivity index (χ0n) is 13.2. The molecule has 2 heterocycles. The van der Waals surface area contributed by atoms with E-state index in [1.54, 1.807) is 53.1 Å². The average molecular weight is 366 g/mol. The number of piperazine rings is 1. The van der Waals surface area contributed by atoms with Gasteiger partial charge in [-0.05, 0) is 42.7 Å². The molecular formula is C16H18N2O4S2. The van der Waals surface area contributed by atoms with E-state index in [4.69, 9.17) is 4.42 Å². The van der Waals surface area contributed by atoms with Crippen LogP contribution in [0.1, 0.15) is 10.6 Å². The molecule has 24 heavy (non-hydrogen) atoms. The SMILES string of the molecule is CSc1ccc(S(=O)(=O)N2CCN(C(=O)c3ccco3)CC2)cc1. The van der Waals surface area contributed by atoms with Gasteiger partial charge in [-0.3, -0.25) is 4.79 Å². The van der Waals surface area contributed by atoms with E-state index < -0.39 is 10.0 Å². The maximum Gasteiger partial charge on any atom is 0.289 e. The van der Waals surface area contributed by atoms with Crippen LogP contribution in [0.4, 0.5) is 0 Å². The monoisotopic (exact) mass is 366 g/mol. The molecule has 128 valence electrons. The van der Waals surface area contributed by atoms with Crippen molar-refractivity contribution in [1.29, 1.82) is 0 Å². The van der Waals surface area contributed by atoms with Crippen molar-refractivity contribution in [2.45, 2.75) is 9.79 Å². The van der Waals surface area contributed by atoms with Gasteiger partial charge in [-0.2, -0.15) is 4.31 Å². The number of nitrogens with zero attached hydrogens (tertiary/aromatic N) is 2. The molecule has 0 radical (unpaired) electrons. The average Bonchev–Trinajstić information content (AvgIpc) is 3.16. The number of carbonyl (C=O) groups is 1. The van der Waals surface area contributed by atoms with Crippen LogP contribution in [0.15, 0.2) is 56.9 Å². The summed E-state index contributed by atoms with van der Waals surface area (Å²) in [5.41, 5.74) is 0. The molecule has 0 N–H and O–H groups in total. The third-order valence-corrected chi connectivity index (χ3v) is 6.61. The fourth-order valence-corrected chi connectivity index (χ4v) is 4.41. The summed E-state index contributed by atoms with van der Waals surface area (Å²) < 4.78 is 31.9. The molecule has 6 nitrogen and oxygen atoms in total. The van der Waals surface area contributed by atoms with Gasteiger partial charge in [0.25, 0.3) is 5.91 Å². The Morgan fingerprint density at radius 3 is 2.29 bits per heavy atom. The molecule has 0 spiro atoms. The molecule has 1 aliphatic heterocycles. The lowest BCUT2D eigenvalue weighted by Gasteiger charge is -2.33. The standard InChI is InChI=1S/C16H18N2O4S2/c1-23-13-4-6-14(7-5-13)24(20,21)18-10-8-17(9-11-18)16(19)15-3-2-12-22-15/h2-7,12H,8-11H2,1H3. The Morgan fingerprint density at radius 2 is 1.75 bits per heavy atom. The minimum absolute atomic E-state index is 0.207. The Bertz CT molecular complexity index is 793. The second kappa shape index (κ2) is 7.00. The molecule has 0 aliphatic carbocycles. The first-order valence-electron chi connectivity index (χ1n) is 7.49. The smallest absolute Gasteiger partial charge is 0.289 e. The van der Waals surface area contributed by atoms with Gasteiger partial charge in [0.15, 0.2) is 5.76 Å². The summed E-state index contributed by atoms with van der Waals surface area (Å²) in [6.45, 7) is 1.25. The van der Waals surface area contributed by atoms with Gasteiger partial charge in [-0.1, -0.05) is 0 Å². The number of thioether (sulfide) groups is 1. The molecule has 1 saturated heterocycles. The van der Waals surface area contributed by atoms with Gasteiger partial charge in [0, 0.05) is 31.1 Å². The lowest BCUT2D eigenvalue weighted by molar-refractivity contribution is 0.0666. The molecule has 8 heteroatoms. The van der Waals surface area contributed by atoms with Gasteiger partial charge in [0.1, 0.15) is 0 Å². The van der Waals surface area contributed by atoms with Crippen LogP contribution in [0.2, 0.25) is 0 Å². The highest BCUT2D eigenvalue weighted by molar-refractivity contribution is 7.98. The molecule has 0 bridgehead atoms. The fraction of sp³-hybridized carbons (Fsp3) is 0.312. The summed E-state index contributed by atoms with van der Waals surface area (Å²) in [6, 6.07) is 10.1. The van der Waals surface area contributed by atoms with E-state index in [0.29, 0.717) is 13.1 Å². The lowest BCUT2D eigenvalue weighted by Crippen LogP contribution is -2.50. The minimum Gasteiger partial charge on any atom is -0.459 e. The zero-order chi connectivity index (χ0) is 17.2. The van der Waals surface area contributed by atoms with Crippen LogP contribution in [-0.4, -0.2) is 56.0 Å². The Labute approximate surface area is 145 Å². The fourth-order valence-electron chi connectivity index (χ4n) is 2.58. The van der Waals surface area contributed by atoms with Crippen LogP contribution >= 0.6 is 11.8 Å². The van der Waals surface area contributed by atoms with E-state index in [2.05, 4.69) is 0 Å². The number of amides is 1. The molecular weight excluding hydrogens is 348 g/mol. The number of benzene rings is 1. The van der Waals surface area contributed by atoms with E-state index in [1.165, 1.54) is 10.6 Å². The largest absolute Gasteiger partial charge is 0.459 e. The van der Waals surface area contributed by atoms with Gasteiger partial charge < -0.3 is 9.32 Å². The molecule has 2 aromatic rings. The van der Waals surface area contributed by atoms with Crippen molar-refractivity contribution in [3.63, 3.8) is 0 Å². The maximum absolute atomic E-state index is 12.7. The highest BCUT2D eigenvalue weighted by Crippen LogP contribution is 2.22. The quantitative estimate of drug-likeness (QED) is 0.776. The van der Waals surface area contributed by atoms with Gasteiger partial charge in [0.05, 0.1) is 11.2 Å². The molecule has 1 fully saturated rings. The Balaban J connectivity index is 1.68. The van der Waals surface area contributed by atoms with Crippen LogP contribution in [0.25, 0.3) is 0 Å². The molecule has 1 amide bonds. The Hall–Kier alpha value is -1.77.